The van der Waals surface area contributed by atoms with Crippen molar-refractivity contribution in [3.63, 3.8) is 0 Å². The number of pyridine rings is 2. The van der Waals surface area contributed by atoms with Gasteiger partial charge < -0.3 is 16.1 Å². The second-order valence-corrected chi connectivity index (χ2v) is 13.1. The van der Waals surface area contributed by atoms with Gasteiger partial charge in [0.25, 0.3) is 0 Å². The van der Waals surface area contributed by atoms with Crippen LogP contribution in [0.5, 0.6) is 0 Å². The molecule has 2 aromatic carbocycles. The van der Waals surface area contributed by atoms with Crippen molar-refractivity contribution in [1.82, 2.24) is 25.9 Å². The van der Waals surface area contributed by atoms with Crippen molar-refractivity contribution in [2.75, 3.05) is 17.2 Å². The molecule has 0 spiro atoms. The fourth-order valence-corrected chi connectivity index (χ4v) is 5.92. The van der Waals surface area contributed by atoms with Gasteiger partial charge in [-0.2, -0.15) is 5.26 Å². The molecule has 43 heavy (non-hydrogen) atoms. The van der Waals surface area contributed by atoms with E-state index in [-0.39, 0.29) is 11.0 Å². The molecule has 2 aromatic heterocycles. The van der Waals surface area contributed by atoms with Gasteiger partial charge in [0.2, 0.25) is 0 Å². The third-order valence-electron chi connectivity index (χ3n) is 7.80. The summed E-state index contributed by atoms with van der Waals surface area (Å²) in [6.45, 7) is 7.02. The largest absolute Gasteiger partial charge is 0.383 e. The predicted molar refractivity (Wildman–Crippen MR) is 173 cm³/mol. The normalized spacial score (nSPS) is 17.0. The van der Waals surface area contributed by atoms with Crippen LogP contribution in [-0.4, -0.2) is 29.4 Å². The molecule has 1 atom stereocenters. The third-order valence-corrected chi connectivity index (χ3v) is 8.42. The summed E-state index contributed by atoms with van der Waals surface area (Å²) in [5, 5.41) is 20.5. The Hall–Kier alpha value is -3.97. The van der Waals surface area contributed by atoms with Crippen LogP contribution >= 0.6 is 23.2 Å². The minimum absolute atomic E-state index is 0.0217. The van der Waals surface area contributed by atoms with Crippen molar-refractivity contribution in [3.8, 4) is 6.07 Å². The maximum absolute atomic E-state index is 9.89. The van der Waals surface area contributed by atoms with Gasteiger partial charge in [-0.15, -0.1) is 5.53 Å². The van der Waals surface area contributed by atoms with Crippen LogP contribution in [0.4, 0.5) is 11.4 Å². The summed E-state index contributed by atoms with van der Waals surface area (Å²) in [7, 11) is 7.29. The average Bonchev–Trinajstić information content (AvgIpc) is 3.64. The van der Waals surface area contributed by atoms with Crippen LogP contribution in [0, 0.1) is 16.7 Å². The standard InChI is InChI=1S/C32H31BCl2N8/c1-30(2,3)19-39-28-20(16-36)17-38-29-22(28)14-21(15-25(29)35)40-32(33,23-8-4-5-9-24(23)34)27-18-43(42-41-27)31(11-12-31)26-10-6-7-13-37-26/h4-10,13-15,17-18,40-42H,11-12,19H2,1-3H3,(H,38,39). The zero-order chi connectivity index (χ0) is 30.4. The average molecular weight is 609 g/mol. The van der Waals surface area contributed by atoms with Gasteiger partial charge in [-0.05, 0) is 54.2 Å². The number of aromatic nitrogens is 2. The molecule has 1 unspecified atom stereocenters. The van der Waals surface area contributed by atoms with Gasteiger partial charge in [-0.1, -0.05) is 68.2 Å². The fourth-order valence-electron chi connectivity index (χ4n) is 5.37. The summed E-state index contributed by atoms with van der Waals surface area (Å²) < 4.78 is 0. The van der Waals surface area contributed by atoms with Gasteiger partial charge in [0.15, 0.2) is 0 Å². The number of anilines is 2. The highest BCUT2D eigenvalue weighted by Gasteiger charge is 2.52. The van der Waals surface area contributed by atoms with Crippen LogP contribution < -0.4 is 21.6 Å². The third kappa shape index (κ3) is 5.47. The summed E-state index contributed by atoms with van der Waals surface area (Å²) in [5.41, 5.74) is 9.57. The monoisotopic (exact) mass is 608 g/mol. The molecular formula is C32H31BCl2N8. The van der Waals surface area contributed by atoms with Crippen LogP contribution in [0.3, 0.4) is 0 Å². The Morgan fingerprint density at radius 3 is 2.51 bits per heavy atom. The lowest BCUT2D eigenvalue weighted by Crippen LogP contribution is -2.47. The molecule has 1 saturated carbocycles. The molecule has 6 rings (SSSR count). The van der Waals surface area contributed by atoms with E-state index in [1.807, 2.05) is 65.9 Å². The lowest BCUT2D eigenvalue weighted by molar-refractivity contribution is 0.172. The van der Waals surface area contributed by atoms with Crippen LogP contribution in [-0.2, 0) is 11.0 Å². The number of nitriles is 1. The van der Waals surface area contributed by atoms with Crippen molar-refractivity contribution in [2.45, 2.75) is 44.6 Å². The quantitative estimate of drug-likeness (QED) is 0.167. The van der Waals surface area contributed by atoms with Gasteiger partial charge in [-0.3, -0.25) is 15.0 Å². The van der Waals surface area contributed by atoms with Gasteiger partial charge >= 0.3 is 0 Å². The van der Waals surface area contributed by atoms with Gasteiger partial charge in [0.05, 0.1) is 44.2 Å². The van der Waals surface area contributed by atoms with Crippen molar-refractivity contribution >= 4 is 53.3 Å². The van der Waals surface area contributed by atoms with E-state index in [2.05, 4.69) is 58.4 Å². The predicted octanol–water partition coefficient (Wildman–Crippen LogP) is 6.56. The first kappa shape index (κ1) is 29.1. The molecule has 3 heterocycles. The number of rotatable bonds is 8. The number of hydrogen-bond donors (Lipinski definition) is 4. The van der Waals surface area contributed by atoms with Gasteiger partial charge in [0, 0.05) is 41.2 Å². The molecule has 0 bridgehead atoms. The van der Waals surface area contributed by atoms with E-state index < -0.39 is 5.44 Å². The van der Waals surface area contributed by atoms with Gasteiger partial charge in [-0.25, -0.2) is 0 Å². The minimum Gasteiger partial charge on any atom is -0.383 e. The molecule has 8 nitrogen and oxygen atoms in total. The Bertz CT molecular complexity index is 1760. The molecule has 1 fully saturated rings. The topological polar surface area (TPSA) is 101 Å². The maximum Gasteiger partial charge on any atom is 0.119 e. The first-order chi connectivity index (χ1) is 20.5. The Kier molecular flexibility index (Phi) is 7.41. The van der Waals surface area contributed by atoms with E-state index in [4.69, 9.17) is 31.0 Å². The zero-order valence-corrected chi connectivity index (χ0v) is 25.7. The van der Waals surface area contributed by atoms with Gasteiger partial charge in [0.1, 0.15) is 13.9 Å². The van der Waals surface area contributed by atoms with Crippen LogP contribution in [0.25, 0.3) is 10.9 Å². The highest BCUT2D eigenvalue weighted by Crippen LogP contribution is 2.51. The van der Waals surface area contributed by atoms with E-state index in [9.17, 15) is 5.26 Å². The number of benzene rings is 2. The SMILES string of the molecule is [B]C(Nc1cc(Cl)c2ncc(C#N)c(NCC(C)(C)C)c2c1)(C1=CN(C2(c3ccccn3)CC2)NN1)c1ccccc1Cl. The van der Waals surface area contributed by atoms with E-state index in [0.29, 0.717) is 55.7 Å². The molecular weight excluding hydrogens is 578 g/mol. The zero-order valence-electron chi connectivity index (χ0n) is 24.2. The molecule has 0 amide bonds. The summed E-state index contributed by atoms with van der Waals surface area (Å²) in [6, 6.07) is 19.4. The molecule has 1 aliphatic heterocycles. The van der Waals surface area contributed by atoms with Crippen LogP contribution in [0.15, 0.2) is 78.9 Å². The first-order valence-corrected chi connectivity index (χ1v) is 14.8. The number of hydrogen-bond acceptors (Lipinski definition) is 8. The Morgan fingerprint density at radius 2 is 1.84 bits per heavy atom. The smallest absolute Gasteiger partial charge is 0.119 e. The van der Waals surface area contributed by atoms with Crippen molar-refractivity contribution in [3.05, 3.63) is 106 Å². The second kappa shape index (κ2) is 10.9. The molecule has 4 aromatic rings. The molecule has 2 radical (unpaired) electrons. The summed E-state index contributed by atoms with van der Waals surface area (Å²) >= 11 is 13.6. The Balaban J connectivity index is 1.44. The second-order valence-electron chi connectivity index (χ2n) is 12.2. The van der Waals surface area contributed by atoms with Crippen LogP contribution in [0.1, 0.15) is 50.4 Å². The molecule has 0 saturated heterocycles. The lowest BCUT2D eigenvalue weighted by Gasteiger charge is -2.35. The molecule has 4 N–H and O–H groups in total. The van der Waals surface area contributed by atoms with Crippen LogP contribution in [0.2, 0.25) is 10.0 Å². The molecule has 2 aliphatic rings. The summed E-state index contributed by atoms with van der Waals surface area (Å²) in [5.74, 6) is 0. The number of halogens is 2. The van der Waals surface area contributed by atoms with Crippen molar-refractivity contribution in [1.29, 1.82) is 5.26 Å². The lowest BCUT2D eigenvalue weighted by atomic mass is 9.69. The number of fused-ring (bicyclic) bond motifs is 1. The van der Waals surface area contributed by atoms with E-state index in [0.717, 1.165) is 18.5 Å². The first-order valence-electron chi connectivity index (χ1n) is 14.1. The highest BCUT2D eigenvalue weighted by atomic mass is 35.5. The molecule has 1 aliphatic carbocycles. The minimum atomic E-state index is -1.31. The van der Waals surface area contributed by atoms with E-state index in [1.54, 1.807) is 12.3 Å². The number of nitrogens with zero attached hydrogens (tertiary/aromatic N) is 4. The fraction of sp³-hybridized carbons (Fsp3) is 0.281. The Morgan fingerprint density at radius 1 is 1.07 bits per heavy atom. The number of nitrogens with one attached hydrogen (secondary N) is 4. The van der Waals surface area contributed by atoms with Crippen molar-refractivity contribution < 1.29 is 0 Å². The Labute approximate surface area is 262 Å². The molecule has 216 valence electrons. The van der Waals surface area contributed by atoms with E-state index >= 15 is 0 Å². The van der Waals surface area contributed by atoms with Crippen molar-refractivity contribution in [2.24, 2.45) is 5.41 Å². The maximum atomic E-state index is 9.89. The highest BCUT2D eigenvalue weighted by molar-refractivity contribution is 6.36. The molecule has 11 heteroatoms. The summed E-state index contributed by atoms with van der Waals surface area (Å²) in [6.07, 6.45) is 7.21. The van der Waals surface area contributed by atoms with E-state index in [1.165, 1.54) is 0 Å². The summed E-state index contributed by atoms with van der Waals surface area (Å²) in [4.78, 5) is 9.12. The number of hydrazine groups is 2.